The van der Waals surface area contributed by atoms with E-state index in [1.165, 1.54) is 24.0 Å². The van der Waals surface area contributed by atoms with Crippen molar-refractivity contribution >= 4 is 5.69 Å². The molecule has 0 aromatic heterocycles. The highest BCUT2D eigenvalue weighted by atomic mass is 16.3. The van der Waals surface area contributed by atoms with Gasteiger partial charge in [-0.25, -0.2) is 4.85 Å². The van der Waals surface area contributed by atoms with Crippen LogP contribution in [-0.4, -0.2) is 22.4 Å². The highest BCUT2D eigenvalue weighted by Crippen LogP contribution is 2.48. The molecule has 0 aliphatic heterocycles. The zero-order chi connectivity index (χ0) is 17.8. The van der Waals surface area contributed by atoms with Crippen molar-refractivity contribution in [2.24, 2.45) is 17.8 Å². The number of hydrogen-bond acceptors (Lipinski definition) is 2. The molecule has 1 aromatic carbocycles. The van der Waals surface area contributed by atoms with Crippen LogP contribution in [0.5, 0.6) is 0 Å². The minimum absolute atomic E-state index is 0.220. The van der Waals surface area contributed by atoms with E-state index >= 15 is 0 Å². The fourth-order valence-electron chi connectivity index (χ4n) is 5.08. The molecule has 0 bridgehead atoms. The first-order chi connectivity index (χ1) is 12.1. The number of rotatable bonds is 7. The van der Waals surface area contributed by atoms with Crippen LogP contribution in [0.15, 0.2) is 18.2 Å². The van der Waals surface area contributed by atoms with Crippen molar-refractivity contribution in [3.05, 3.63) is 40.7 Å². The standard InChI is InChI=1S/C22H31NO2/c1-3-4-5-8-17(24)10-11-18-19-12-15-7-6-9-21(23-2)20(15)13-16(19)14-22(18)25/h6-7,9,16-19,22,24-25H,3-5,8,10-14H2,1H3/t16?,17-,18+,19-,22+/m0/s1. The van der Waals surface area contributed by atoms with Gasteiger partial charge in [0, 0.05) is 0 Å². The Kier molecular flexibility index (Phi) is 6.15. The van der Waals surface area contributed by atoms with E-state index in [9.17, 15) is 10.2 Å². The predicted octanol–water partition coefficient (Wildman–Crippen LogP) is 4.67. The van der Waals surface area contributed by atoms with Crippen molar-refractivity contribution < 1.29 is 10.2 Å². The maximum Gasteiger partial charge on any atom is 0.190 e. The van der Waals surface area contributed by atoms with Crippen molar-refractivity contribution in [2.75, 3.05) is 0 Å². The molecule has 25 heavy (non-hydrogen) atoms. The van der Waals surface area contributed by atoms with Crippen LogP contribution in [0.25, 0.3) is 4.85 Å². The van der Waals surface area contributed by atoms with Gasteiger partial charge in [-0.2, -0.15) is 0 Å². The van der Waals surface area contributed by atoms with Gasteiger partial charge >= 0.3 is 0 Å². The van der Waals surface area contributed by atoms with Gasteiger partial charge in [0.2, 0.25) is 0 Å². The Balaban J connectivity index is 1.62. The third-order valence-electron chi connectivity index (χ3n) is 6.46. The van der Waals surface area contributed by atoms with Crippen LogP contribution < -0.4 is 0 Å². The smallest absolute Gasteiger partial charge is 0.190 e. The summed E-state index contributed by atoms with van der Waals surface area (Å²) in [7, 11) is 0. The maximum absolute atomic E-state index is 10.6. The largest absolute Gasteiger partial charge is 0.393 e. The summed E-state index contributed by atoms with van der Waals surface area (Å²) in [6.07, 6.45) is 8.40. The van der Waals surface area contributed by atoms with Crippen molar-refractivity contribution in [3.8, 4) is 0 Å². The lowest BCUT2D eigenvalue weighted by Crippen LogP contribution is -2.27. The fourth-order valence-corrected chi connectivity index (χ4v) is 5.08. The second-order valence-corrected chi connectivity index (χ2v) is 8.05. The van der Waals surface area contributed by atoms with Crippen molar-refractivity contribution in [3.63, 3.8) is 0 Å². The third kappa shape index (κ3) is 4.07. The van der Waals surface area contributed by atoms with Gasteiger partial charge in [-0.3, -0.25) is 0 Å². The summed E-state index contributed by atoms with van der Waals surface area (Å²) in [5.41, 5.74) is 3.31. The zero-order valence-electron chi connectivity index (χ0n) is 15.3. The molecule has 2 aliphatic carbocycles. The molecule has 1 fully saturated rings. The normalized spacial score (nSPS) is 28.9. The molecule has 2 N–H and O–H groups in total. The molecule has 1 aromatic rings. The lowest BCUT2D eigenvalue weighted by molar-refractivity contribution is 0.0870. The fraction of sp³-hybridized carbons (Fsp3) is 0.682. The first-order valence-corrected chi connectivity index (χ1v) is 9.98. The van der Waals surface area contributed by atoms with Crippen LogP contribution in [0.4, 0.5) is 5.69 Å². The van der Waals surface area contributed by atoms with Gasteiger partial charge < -0.3 is 10.2 Å². The molecule has 2 aliphatic rings. The number of fused-ring (bicyclic) bond motifs is 2. The quantitative estimate of drug-likeness (QED) is 0.559. The number of unbranched alkanes of at least 4 members (excludes halogenated alkanes) is 2. The highest BCUT2D eigenvalue weighted by molar-refractivity contribution is 5.57. The van der Waals surface area contributed by atoms with E-state index in [1.54, 1.807) is 0 Å². The van der Waals surface area contributed by atoms with E-state index in [0.29, 0.717) is 17.8 Å². The van der Waals surface area contributed by atoms with E-state index in [-0.39, 0.29) is 12.2 Å². The number of hydrogen-bond donors (Lipinski definition) is 2. The molecule has 0 saturated heterocycles. The summed E-state index contributed by atoms with van der Waals surface area (Å²) in [5.74, 6) is 1.30. The average molecular weight is 341 g/mol. The second-order valence-electron chi connectivity index (χ2n) is 8.05. The Morgan fingerprint density at radius 1 is 1.24 bits per heavy atom. The lowest BCUT2D eigenvalue weighted by Gasteiger charge is -2.32. The minimum atomic E-state index is -0.247. The maximum atomic E-state index is 10.6. The lowest BCUT2D eigenvalue weighted by atomic mass is 9.73. The topological polar surface area (TPSA) is 44.8 Å². The Bertz CT molecular complexity index is 621. The predicted molar refractivity (Wildman–Crippen MR) is 101 cm³/mol. The SMILES string of the molecule is [C-]#[N+]c1cccc2c1CC1C[C@@H](O)[C@H](CC[C@@H](O)CCCCC)[C@H]1C2. The Morgan fingerprint density at radius 3 is 2.84 bits per heavy atom. The molecule has 0 spiro atoms. The summed E-state index contributed by atoms with van der Waals surface area (Å²) in [5, 5.41) is 20.8. The number of aliphatic hydroxyl groups excluding tert-OH is 2. The van der Waals surface area contributed by atoms with Crippen LogP contribution in [0.1, 0.15) is 63.0 Å². The van der Waals surface area contributed by atoms with Crippen LogP contribution in [0, 0.1) is 24.3 Å². The van der Waals surface area contributed by atoms with Gasteiger partial charge in [-0.15, -0.1) is 0 Å². The molecule has 0 heterocycles. The van der Waals surface area contributed by atoms with Crippen LogP contribution in [0.3, 0.4) is 0 Å². The van der Waals surface area contributed by atoms with Gasteiger partial charge in [0.1, 0.15) is 0 Å². The summed E-state index contributed by atoms with van der Waals surface area (Å²) in [6, 6.07) is 6.06. The molecule has 5 atom stereocenters. The summed E-state index contributed by atoms with van der Waals surface area (Å²) >= 11 is 0. The molecule has 0 radical (unpaired) electrons. The number of nitrogens with zero attached hydrogens (tertiary/aromatic N) is 1. The monoisotopic (exact) mass is 341 g/mol. The van der Waals surface area contributed by atoms with Gasteiger partial charge in [0.25, 0.3) is 0 Å². The Hall–Kier alpha value is -1.37. The van der Waals surface area contributed by atoms with E-state index in [2.05, 4.69) is 17.8 Å². The summed E-state index contributed by atoms with van der Waals surface area (Å²) in [4.78, 5) is 3.69. The van der Waals surface area contributed by atoms with Crippen LogP contribution >= 0.6 is 0 Å². The molecular formula is C22H31NO2. The highest BCUT2D eigenvalue weighted by Gasteiger charge is 2.44. The molecule has 136 valence electrons. The molecule has 3 nitrogen and oxygen atoms in total. The third-order valence-corrected chi connectivity index (χ3v) is 6.46. The molecule has 0 amide bonds. The molecule has 3 rings (SSSR count). The zero-order valence-corrected chi connectivity index (χ0v) is 15.3. The van der Waals surface area contributed by atoms with Crippen LogP contribution in [0.2, 0.25) is 0 Å². The van der Waals surface area contributed by atoms with Crippen molar-refractivity contribution in [1.82, 2.24) is 0 Å². The van der Waals surface area contributed by atoms with E-state index in [1.807, 2.05) is 12.1 Å². The second kappa shape index (κ2) is 8.34. The first-order valence-electron chi connectivity index (χ1n) is 9.98. The van der Waals surface area contributed by atoms with Crippen LogP contribution in [-0.2, 0) is 12.8 Å². The Morgan fingerprint density at radius 2 is 2.08 bits per heavy atom. The van der Waals surface area contributed by atoms with Gasteiger partial charge in [-0.1, -0.05) is 49.9 Å². The molecule has 1 unspecified atom stereocenters. The van der Waals surface area contributed by atoms with Gasteiger partial charge in [0.05, 0.1) is 18.8 Å². The van der Waals surface area contributed by atoms with Gasteiger partial charge in [0.15, 0.2) is 5.69 Å². The van der Waals surface area contributed by atoms with E-state index in [0.717, 1.165) is 50.6 Å². The molecular weight excluding hydrogens is 310 g/mol. The van der Waals surface area contributed by atoms with Crippen molar-refractivity contribution in [1.29, 1.82) is 0 Å². The van der Waals surface area contributed by atoms with Crippen molar-refractivity contribution in [2.45, 2.75) is 76.9 Å². The molecule has 3 heteroatoms. The first kappa shape index (κ1) is 18.4. The minimum Gasteiger partial charge on any atom is -0.393 e. The van der Waals surface area contributed by atoms with E-state index < -0.39 is 0 Å². The van der Waals surface area contributed by atoms with E-state index in [4.69, 9.17) is 6.57 Å². The average Bonchev–Trinajstić information content (AvgIpc) is 2.92. The Labute approximate surface area is 151 Å². The van der Waals surface area contributed by atoms with Gasteiger partial charge in [-0.05, 0) is 61.8 Å². The number of aliphatic hydroxyl groups is 2. The summed E-state index contributed by atoms with van der Waals surface area (Å²) in [6.45, 7) is 9.56. The number of benzene rings is 1. The molecule has 1 saturated carbocycles. The summed E-state index contributed by atoms with van der Waals surface area (Å²) < 4.78 is 0.